The van der Waals surface area contributed by atoms with Crippen molar-refractivity contribution < 1.29 is 19.2 Å². The topological polar surface area (TPSA) is 98.8 Å². The van der Waals surface area contributed by atoms with Crippen molar-refractivity contribution >= 4 is 115 Å². The molecule has 2 fully saturated rings. The first-order chi connectivity index (χ1) is 16.8. The van der Waals surface area contributed by atoms with Crippen molar-refractivity contribution in [2.45, 2.75) is 6.42 Å². The maximum Gasteiger partial charge on any atom is 0.266 e. The van der Waals surface area contributed by atoms with E-state index in [1.807, 2.05) is 35.0 Å². The molecule has 2 N–H and O–H groups in total. The Morgan fingerprint density at radius 2 is 1.34 bits per heavy atom. The van der Waals surface area contributed by atoms with E-state index < -0.39 is 11.8 Å². The van der Waals surface area contributed by atoms with Gasteiger partial charge < -0.3 is 0 Å². The Hall–Kier alpha value is -2.36. The number of hydrazine groups is 1. The lowest BCUT2D eigenvalue weighted by Gasteiger charge is -2.16. The lowest BCUT2D eigenvalue weighted by Crippen LogP contribution is -2.48. The number of rotatable bonds is 7. The quantitative estimate of drug-likeness (QED) is 0.292. The van der Waals surface area contributed by atoms with Crippen molar-refractivity contribution in [3.8, 4) is 0 Å². The van der Waals surface area contributed by atoms with E-state index in [9.17, 15) is 19.2 Å². The van der Waals surface area contributed by atoms with Gasteiger partial charge in [-0.05, 0) is 35.0 Å². The summed E-state index contributed by atoms with van der Waals surface area (Å²) >= 11 is 15.8. The molecule has 0 aliphatic carbocycles. The molecule has 2 aliphatic heterocycles. The van der Waals surface area contributed by atoms with Crippen LogP contribution in [0, 0.1) is 0 Å². The Labute approximate surface area is 227 Å². The summed E-state index contributed by atoms with van der Waals surface area (Å²) in [5, 5.41) is 3.81. The molecule has 4 amide bonds. The third kappa shape index (κ3) is 6.45. The van der Waals surface area contributed by atoms with Gasteiger partial charge in [-0.25, -0.2) is 0 Å². The Morgan fingerprint density at radius 1 is 0.829 bits per heavy atom. The second-order valence-electron chi connectivity index (χ2n) is 6.98. The van der Waals surface area contributed by atoms with E-state index in [0.717, 1.165) is 21.5 Å². The van der Waals surface area contributed by atoms with Gasteiger partial charge in [-0.2, -0.15) is 0 Å². The van der Waals surface area contributed by atoms with E-state index in [1.54, 1.807) is 12.2 Å². The Bertz CT molecular complexity index is 1250. The van der Waals surface area contributed by atoms with Crippen molar-refractivity contribution in [3.05, 3.63) is 54.6 Å². The molecule has 0 spiro atoms. The first-order valence-corrected chi connectivity index (χ1v) is 14.2. The second-order valence-corrected chi connectivity index (χ2v) is 12.3. The van der Waals surface area contributed by atoms with Crippen LogP contribution in [0.2, 0.25) is 0 Å². The Balaban J connectivity index is 1.23. The fourth-order valence-electron chi connectivity index (χ4n) is 2.93. The molecule has 0 aromatic carbocycles. The minimum Gasteiger partial charge on any atom is -0.292 e. The van der Waals surface area contributed by atoms with Crippen LogP contribution in [-0.2, 0) is 19.2 Å². The van der Waals surface area contributed by atoms with Gasteiger partial charge in [0.1, 0.15) is 15.2 Å². The van der Waals surface area contributed by atoms with Crippen LogP contribution in [0.25, 0.3) is 12.2 Å². The van der Waals surface area contributed by atoms with Crippen molar-refractivity contribution in [3.63, 3.8) is 0 Å². The fourth-order valence-corrected chi connectivity index (χ4v) is 6.94. The van der Waals surface area contributed by atoms with Gasteiger partial charge in [0.05, 0.1) is 9.81 Å². The highest BCUT2D eigenvalue weighted by Gasteiger charge is 2.34. The third-order valence-electron chi connectivity index (χ3n) is 4.59. The number of nitrogens with one attached hydrogen (secondary N) is 2. The highest BCUT2D eigenvalue weighted by molar-refractivity contribution is 8.27. The molecule has 2 aromatic heterocycles. The van der Waals surface area contributed by atoms with Crippen LogP contribution in [0.3, 0.4) is 0 Å². The van der Waals surface area contributed by atoms with Gasteiger partial charge >= 0.3 is 0 Å². The van der Waals surface area contributed by atoms with Crippen LogP contribution in [0.4, 0.5) is 0 Å². The zero-order valence-electron chi connectivity index (χ0n) is 17.7. The number of carbonyl (C=O) groups is 4. The monoisotopic (exact) mass is 580 g/mol. The second kappa shape index (κ2) is 11.6. The molecular formula is C21H16N4O4S6. The van der Waals surface area contributed by atoms with Gasteiger partial charge in [0.2, 0.25) is 5.91 Å². The van der Waals surface area contributed by atoms with Crippen molar-refractivity contribution in [2.75, 3.05) is 13.1 Å². The molecule has 2 saturated heterocycles. The lowest BCUT2D eigenvalue weighted by atomic mass is 10.3. The molecule has 14 heteroatoms. The van der Waals surface area contributed by atoms with Gasteiger partial charge in [0.25, 0.3) is 17.7 Å². The summed E-state index contributed by atoms with van der Waals surface area (Å²) in [7, 11) is 0. The molecular weight excluding hydrogens is 565 g/mol. The van der Waals surface area contributed by atoms with Gasteiger partial charge in [-0.15, -0.1) is 22.7 Å². The molecule has 35 heavy (non-hydrogen) atoms. The van der Waals surface area contributed by atoms with E-state index >= 15 is 0 Å². The highest BCUT2D eigenvalue weighted by atomic mass is 32.2. The zero-order valence-corrected chi connectivity index (χ0v) is 22.6. The minimum atomic E-state index is -0.600. The standard InChI is InChI=1S/C21H16N4O4S6/c26-16(5-6-24-18(28)14(34-20(24)30)9-12-3-1-7-32-12)22-23-17(27)11-25-19(29)15(35-21(25)31)10-13-4-2-8-33-13/h1-4,7-10H,5-6,11H2,(H,22,26)(H,23,27)/b14-9+,15-10+. The molecule has 2 aliphatic rings. The third-order valence-corrected chi connectivity index (χ3v) is 8.98. The summed E-state index contributed by atoms with van der Waals surface area (Å²) in [5.41, 5.74) is 4.57. The molecule has 2 aromatic rings. The predicted octanol–water partition coefficient (Wildman–Crippen LogP) is 3.45. The average Bonchev–Trinajstić information content (AvgIpc) is 3.61. The van der Waals surface area contributed by atoms with E-state index in [0.29, 0.717) is 14.1 Å². The smallest absolute Gasteiger partial charge is 0.266 e. The number of hydrogen-bond acceptors (Lipinski definition) is 10. The molecule has 4 rings (SSSR count). The Kier molecular flexibility index (Phi) is 8.51. The summed E-state index contributed by atoms with van der Waals surface area (Å²) < 4.78 is 0.642. The number of nitrogens with zero attached hydrogens (tertiary/aromatic N) is 2. The molecule has 0 unspecified atom stereocenters. The van der Waals surface area contributed by atoms with Crippen LogP contribution in [0.15, 0.2) is 44.8 Å². The van der Waals surface area contributed by atoms with Gasteiger partial charge in [0.15, 0.2) is 0 Å². The number of hydrogen-bond donors (Lipinski definition) is 2. The van der Waals surface area contributed by atoms with Crippen LogP contribution in [0.1, 0.15) is 16.2 Å². The number of thioether (sulfide) groups is 2. The Morgan fingerprint density at radius 3 is 1.89 bits per heavy atom. The van der Waals surface area contributed by atoms with Crippen molar-refractivity contribution in [1.29, 1.82) is 0 Å². The summed E-state index contributed by atoms with van der Waals surface area (Å²) in [6, 6.07) is 7.54. The molecule has 0 atom stereocenters. The van der Waals surface area contributed by atoms with E-state index in [1.165, 1.54) is 44.2 Å². The van der Waals surface area contributed by atoms with Crippen LogP contribution in [0.5, 0.6) is 0 Å². The maximum absolute atomic E-state index is 12.6. The van der Waals surface area contributed by atoms with Gasteiger partial charge in [0, 0.05) is 22.7 Å². The predicted molar refractivity (Wildman–Crippen MR) is 149 cm³/mol. The van der Waals surface area contributed by atoms with Gasteiger partial charge in [-0.3, -0.25) is 39.8 Å². The molecule has 8 nitrogen and oxygen atoms in total. The van der Waals surface area contributed by atoms with E-state index in [4.69, 9.17) is 24.4 Å². The number of carbonyl (C=O) groups excluding carboxylic acids is 4. The highest BCUT2D eigenvalue weighted by Crippen LogP contribution is 2.34. The van der Waals surface area contributed by atoms with Crippen molar-refractivity contribution in [1.82, 2.24) is 20.7 Å². The summed E-state index contributed by atoms with van der Waals surface area (Å²) in [6.45, 7) is -0.245. The zero-order chi connectivity index (χ0) is 24.9. The number of thiophene rings is 2. The average molecular weight is 581 g/mol. The SMILES string of the molecule is O=C(CCN1C(=O)/C(=C\c2cccs2)SC1=S)NNC(=O)CN1C(=O)/C(=C\c2cccs2)SC1=S. The summed E-state index contributed by atoms with van der Waals surface area (Å²) in [5.74, 6) is -1.72. The normalized spacial score (nSPS) is 18.3. The van der Waals surface area contributed by atoms with Crippen LogP contribution >= 0.6 is 70.6 Å². The molecule has 180 valence electrons. The summed E-state index contributed by atoms with van der Waals surface area (Å²) in [6.07, 6.45) is 3.43. The number of thiocarbonyl (C=S) groups is 2. The van der Waals surface area contributed by atoms with E-state index in [-0.39, 0.29) is 35.6 Å². The first kappa shape index (κ1) is 25.7. The molecule has 4 heterocycles. The van der Waals surface area contributed by atoms with Crippen LogP contribution < -0.4 is 10.9 Å². The molecule has 0 saturated carbocycles. The summed E-state index contributed by atoms with van der Waals surface area (Å²) in [4.78, 5) is 55.0. The van der Waals surface area contributed by atoms with E-state index in [2.05, 4.69) is 10.9 Å². The molecule has 0 radical (unpaired) electrons. The largest absolute Gasteiger partial charge is 0.292 e. The molecule has 0 bridgehead atoms. The fraction of sp³-hybridized carbons (Fsp3) is 0.143. The minimum absolute atomic E-state index is 0.0659. The van der Waals surface area contributed by atoms with Crippen molar-refractivity contribution in [2.24, 2.45) is 0 Å². The number of amides is 4. The van der Waals surface area contributed by atoms with Crippen LogP contribution in [-0.4, -0.2) is 55.2 Å². The maximum atomic E-state index is 12.6. The first-order valence-electron chi connectivity index (χ1n) is 9.97. The van der Waals surface area contributed by atoms with Gasteiger partial charge in [-0.1, -0.05) is 60.1 Å². The lowest BCUT2D eigenvalue weighted by molar-refractivity contribution is -0.131.